The number of rotatable bonds is 4. The van der Waals surface area contributed by atoms with Gasteiger partial charge in [-0.1, -0.05) is 20.8 Å². The number of aliphatic hydroxyl groups excluding tert-OH is 1. The summed E-state index contributed by atoms with van der Waals surface area (Å²) in [7, 11) is 0. The van der Waals surface area contributed by atoms with Crippen LogP contribution in [0.5, 0.6) is 0 Å². The van der Waals surface area contributed by atoms with Gasteiger partial charge in [0.05, 0.1) is 6.61 Å². The molecular weight excluding hydrogens is 174 g/mol. The van der Waals surface area contributed by atoms with Crippen molar-refractivity contribution in [2.24, 2.45) is 11.8 Å². The quantitative estimate of drug-likeness (QED) is 0.749. The Hall–Kier alpha value is -0.0800. The topological polar surface area (TPSA) is 23.5 Å². The van der Waals surface area contributed by atoms with Crippen molar-refractivity contribution in [2.75, 3.05) is 19.7 Å². The van der Waals surface area contributed by atoms with Gasteiger partial charge in [-0.3, -0.25) is 4.90 Å². The van der Waals surface area contributed by atoms with Crippen molar-refractivity contribution < 1.29 is 5.11 Å². The zero-order chi connectivity index (χ0) is 10.6. The summed E-state index contributed by atoms with van der Waals surface area (Å²) in [5.74, 6) is 1.74. The molecule has 0 aromatic rings. The Morgan fingerprint density at radius 2 is 1.93 bits per heavy atom. The van der Waals surface area contributed by atoms with E-state index < -0.39 is 0 Å². The number of likely N-dealkylation sites (N-methyl/N-ethyl adjacent to an activating group) is 1. The first-order valence-electron chi connectivity index (χ1n) is 6.04. The lowest BCUT2D eigenvalue weighted by molar-refractivity contribution is 0.0947. The summed E-state index contributed by atoms with van der Waals surface area (Å²) in [6.45, 7) is 9.15. The third-order valence-corrected chi connectivity index (χ3v) is 3.88. The van der Waals surface area contributed by atoms with E-state index in [9.17, 15) is 0 Å². The third-order valence-electron chi connectivity index (χ3n) is 3.88. The minimum Gasteiger partial charge on any atom is -0.395 e. The van der Waals surface area contributed by atoms with Crippen molar-refractivity contribution in [1.29, 1.82) is 0 Å². The van der Waals surface area contributed by atoms with E-state index in [4.69, 9.17) is 5.11 Å². The molecule has 0 spiro atoms. The smallest absolute Gasteiger partial charge is 0.0558 e. The van der Waals surface area contributed by atoms with Crippen LogP contribution in [-0.4, -0.2) is 35.7 Å². The second-order valence-corrected chi connectivity index (χ2v) is 4.77. The molecule has 0 radical (unpaired) electrons. The highest BCUT2D eigenvalue weighted by atomic mass is 16.3. The van der Waals surface area contributed by atoms with Crippen molar-refractivity contribution in [3.63, 3.8) is 0 Å². The molecule has 0 heterocycles. The van der Waals surface area contributed by atoms with E-state index >= 15 is 0 Å². The van der Waals surface area contributed by atoms with Gasteiger partial charge >= 0.3 is 0 Å². The van der Waals surface area contributed by atoms with Gasteiger partial charge in [-0.2, -0.15) is 0 Å². The van der Waals surface area contributed by atoms with Crippen molar-refractivity contribution in [3.05, 3.63) is 0 Å². The minimum absolute atomic E-state index is 0.300. The van der Waals surface area contributed by atoms with Crippen LogP contribution < -0.4 is 0 Å². The van der Waals surface area contributed by atoms with E-state index in [0.29, 0.717) is 6.61 Å². The summed E-state index contributed by atoms with van der Waals surface area (Å²) in [6.07, 6.45) is 3.99. The lowest BCUT2D eigenvalue weighted by Gasteiger charge is -2.38. The number of hydrogen-bond donors (Lipinski definition) is 1. The molecule has 0 aromatic heterocycles. The van der Waals surface area contributed by atoms with Gasteiger partial charge in [0.15, 0.2) is 0 Å². The molecule has 0 saturated heterocycles. The molecule has 2 nitrogen and oxygen atoms in total. The fourth-order valence-electron chi connectivity index (χ4n) is 2.58. The zero-order valence-corrected chi connectivity index (χ0v) is 9.87. The first-order chi connectivity index (χ1) is 6.69. The van der Waals surface area contributed by atoms with Crippen molar-refractivity contribution >= 4 is 0 Å². The predicted octanol–water partition coefficient (Wildman–Crippen LogP) is 2.13. The molecule has 0 aromatic carbocycles. The van der Waals surface area contributed by atoms with Crippen molar-refractivity contribution in [1.82, 2.24) is 4.90 Å². The molecule has 84 valence electrons. The predicted molar refractivity (Wildman–Crippen MR) is 60.3 cm³/mol. The van der Waals surface area contributed by atoms with Gasteiger partial charge in [-0.25, -0.2) is 0 Å². The van der Waals surface area contributed by atoms with Crippen LogP contribution in [0.2, 0.25) is 0 Å². The summed E-state index contributed by atoms with van der Waals surface area (Å²) < 4.78 is 0. The molecule has 1 fully saturated rings. The van der Waals surface area contributed by atoms with Gasteiger partial charge in [-0.15, -0.1) is 0 Å². The molecule has 1 aliphatic rings. The molecule has 3 atom stereocenters. The molecule has 14 heavy (non-hydrogen) atoms. The summed E-state index contributed by atoms with van der Waals surface area (Å²) in [5, 5.41) is 8.97. The Labute approximate surface area is 88.3 Å². The Morgan fingerprint density at radius 3 is 2.43 bits per heavy atom. The highest BCUT2D eigenvalue weighted by molar-refractivity contribution is 4.81. The Kier molecular flexibility index (Phi) is 4.90. The van der Waals surface area contributed by atoms with Crippen LogP contribution in [0.15, 0.2) is 0 Å². The van der Waals surface area contributed by atoms with E-state index in [1.165, 1.54) is 19.3 Å². The van der Waals surface area contributed by atoms with Gasteiger partial charge in [0, 0.05) is 12.6 Å². The summed E-state index contributed by atoms with van der Waals surface area (Å²) >= 11 is 0. The fourth-order valence-corrected chi connectivity index (χ4v) is 2.58. The molecule has 1 saturated carbocycles. The van der Waals surface area contributed by atoms with Crippen molar-refractivity contribution in [3.8, 4) is 0 Å². The van der Waals surface area contributed by atoms with Crippen LogP contribution in [0.4, 0.5) is 0 Å². The molecule has 0 amide bonds. The van der Waals surface area contributed by atoms with Crippen molar-refractivity contribution in [2.45, 2.75) is 46.1 Å². The number of nitrogens with zero attached hydrogens (tertiary/aromatic N) is 1. The Morgan fingerprint density at radius 1 is 1.21 bits per heavy atom. The fraction of sp³-hybridized carbons (Fsp3) is 1.00. The molecular formula is C12H25NO. The first kappa shape index (κ1) is 12.0. The molecule has 0 bridgehead atoms. The van der Waals surface area contributed by atoms with E-state index in [2.05, 4.69) is 25.7 Å². The minimum atomic E-state index is 0.300. The van der Waals surface area contributed by atoms with E-state index in [0.717, 1.165) is 31.0 Å². The number of hydrogen-bond acceptors (Lipinski definition) is 2. The van der Waals surface area contributed by atoms with E-state index in [1.54, 1.807) is 0 Å². The first-order valence-corrected chi connectivity index (χ1v) is 6.04. The Balaban J connectivity index is 2.43. The van der Waals surface area contributed by atoms with Crippen LogP contribution in [0.3, 0.4) is 0 Å². The highest BCUT2D eigenvalue weighted by Crippen LogP contribution is 2.31. The SMILES string of the molecule is CCN(CCO)C1CCC(C)C(C)C1. The van der Waals surface area contributed by atoms with Crippen LogP contribution in [0.1, 0.15) is 40.0 Å². The maximum Gasteiger partial charge on any atom is 0.0558 e. The number of aliphatic hydroxyl groups is 1. The monoisotopic (exact) mass is 199 g/mol. The zero-order valence-electron chi connectivity index (χ0n) is 9.87. The second-order valence-electron chi connectivity index (χ2n) is 4.77. The maximum atomic E-state index is 8.97. The standard InChI is InChI=1S/C12H25NO/c1-4-13(7-8-14)12-6-5-10(2)11(3)9-12/h10-12,14H,4-9H2,1-3H3. The van der Waals surface area contributed by atoms with Gasteiger partial charge < -0.3 is 5.11 Å². The van der Waals surface area contributed by atoms with E-state index in [1.807, 2.05) is 0 Å². The van der Waals surface area contributed by atoms with E-state index in [-0.39, 0.29) is 0 Å². The third kappa shape index (κ3) is 2.96. The molecule has 1 rings (SSSR count). The second kappa shape index (κ2) is 5.72. The van der Waals surface area contributed by atoms with Gasteiger partial charge in [0.1, 0.15) is 0 Å². The Bertz CT molecular complexity index is 160. The highest BCUT2D eigenvalue weighted by Gasteiger charge is 2.27. The summed E-state index contributed by atoms with van der Waals surface area (Å²) in [6, 6.07) is 0.721. The maximum absolute atomic E-state index is 8.97. The molecule has 1 aliphatic carbocycles. The average molecular weight is 199 g/mol. The van der Waals surface area contributed by atoms with Crippen LogP contribution >= 0.6 is 0 Å². The molecule has 2 heteroatoms. The van der Waals surface area contributed by atoms with Gasteiger partial charge in [-0.05, 0) is 37.6 Å². The van der Waals surface area contributed by atoms with Crippen LogP contribution in [0.25, 0.3) is 0 Å². The normalized spacial score (nSPS) is 33.6. The average Bonchev–Trinajstić information content (AvgIpc) is 2.19. The molecule has 1 N–H and O–H groups in total. The molecule has 3 unspecified atom stereocenters. The largest absolute Gasteiger partial charge is 0.395 e. The van der Waals surface area contributed by atoms with Crippen LogP contribution in [0, 0.1) is 11.8 Å². The lowest BCUT2D eigenvalue weighted by Crippen LogP contribution is -2.41. The molecule has 0 aliphatic heterocycles. The summed E-state index contributed by atoms with van der Waals surface area (Å²) in [4.78, 5) is 2.43. The lowest BCUT2D eigenvalue weighted by atomic mass is 9.78. The summed E-state index contributed by atoms with van der Waals surface area (Å²) in [5.41, 5.74) is 0. The van der Waals surface area contributed by atoms with Gasteiger partial charge in [0.25, 0.3) is 0 Å². The van der Waals surface area contributed by atoms with Gasteiger partial charge in [0.2, 0.25) is 0 Å². The van der Waals surface area contributed by atoms with Crippen LogP contribution in [-0.2, 0) is 0 Å².